The van der Waals surface area contributed by atoms with Crippen LogP contribution >= 0.6 is 0 Å². The maximum Gasteiger partial charge on any atom is 0.246 e. The molecule has 1 saturated heterocycles. The van der Waals surface area contributed by atoms with E-state index in [4.69, 9.17) is 4.74 Å². The molecule has 1 fully saturated rings. The summed E-state index contributed by atoms with van der Waals surface area (Å²) in [6, 6.07) is -0.794. The highest BCUT2D eigenvalue weighted by Crippen LogP contribution is 2.19. The summed E-state index contributed by atoms with van der Waals surface area (Å²) in [7, 11) is 0. The van der Waals surface area contributed by atoms with Gasteiger partial charge in [-0.3, -0.25) is 9.59 Å². The Kier molecular flexibility index (Phi) is 6.89. The predicted molar refractivity (Wildman–Crippen MR) is 82.8 cm³/mol. The Morgan fingerprint density at radius 3 is 2.62 bits per heavy atom. The molecule has 1 N–H and O–H groups in total. The average Bonchev–Trinajstić information content (AvgIpc) is 2.45. The van der Waals surface area contributed by atoms with Crippen molar-refractivity contribution in [2.45, 2.75) is 52.6 Å². The monoisotopic (exact) mass is 296 g/mol. The van der Waals surface area contributed by atoms with E-state index >= 15 is 0 Å². The van der Waals surface area contributed by atoms with Gasteiger partial charge < -0.3 is 15.0 Å². The van der Waals surface area contributed by atoms with E-state index in [2.05, 4.69) is 11.9 Å². The topological polar surface area (TPSA) is 58.6 Å². The third-order valence-electron chi connectivity index (χ3n) is 3.95. The predicted octanol–water partition coefficient (Wildman–Crippen LogP) is 1.73. The van der Waals surface area contributed by atoms with E-state index in [-0.39, 0.29) is 23.8 Å². The first-order valence-electron chi connectivity index (χ1n) is 7.75. The van der Waals surface area contributed by atoms with Gasteiger partial charge in [0.25, 0.3) is 0 Å². The van der Waals surface area contributed by atoms with E-state index in [1.54, 1.807) is 4.90 Å². The van der Waals surface area contributed by atoms with Gasteiger partial charge in [-0.15, -0.1) is 0 Å². The summed E-state index contributed by atoms with van der Waals surface area (Å²) in [5.41, 5.74) is 0.947. The molecule has 1 rings (SSSR count). The van der Waals surface area contributed by atoms with Crippen LogP contribution in [0.5, 0.6) is 0 Å². The van der Waals surface area contributed by atoms with Gasteiger partial charge >= 0.3 is 0 Å². The molecule has 0 aromatic carbocycles. The van der Waals surface area contributed by atoms with Gasteiger partial charge in [0, 0.05) is 6.54 Å². The fourth-order valence-electron chi connectivity index (χ4n) is 2.49. The fourth-order valence-corrected chi connectivity index (χ4v) is 2.49. The number of ether oxygens (including phenoxy) is 1. The number of nitrogens with one attached hydrogen (secondary N) is 1. The van der Waals surface area contributed by atoms with Crippen LogP contribution in [0, 0.1) is 5.92 Å². The lowest BCUT2D eigenvalue weighted by Crippen LogP contribution is -2.65. The molecule has 5 nitrogen and oxygen atoms in total. The summed E-state index contributed by atoms with van der Waals surface area (Å²) in [6.07, 6.45) is 1.47. The molecule has 0 saturated carbocycles. The highest BCUT2D eigenvalue weighted by molar-refractivity contribution is 5.97. The van der Waals surface area contributed by atoms with Crippen molar-refractivity contribution in [2.24, 2.45) is 5.92 Å². The van der Waals surface area contributed by atoms with Gasteiger partial charge in [0.05, 0.1) is 13.2 Å². The third-order valence-corrected chi connectivity index (χ3v) is 3.95. The smallest absolute Gasteiger partial charge is 0.246 e. The second-order valence-electron chi connectivity index (χ2n) is 5.84. The van der Waals surface area contributed by atoms with Gasteiger partial charge in [0.2, 0.25) is 11.8 Å². The average molecular weight is 296 g/mol. The normalized spacial score (nSPS) is 23.9. The zero-order valence-electron chi connectivity index (χ0n) is 13.6. The highest BCUT2D eigenvalue weighted by atomic mass is 16.5. The largest absolute Gasteiger partial charge is 0.375 e. The second kappa shape index (κ2) is 8.17. The van der Waals surface area contributed by atoms with E-state index < -0.39 is 6.04 Å². The summed E-state index contributed by atoms with van der Waals surface area (Å²) >= 11 is 0. The Bertz CT molecular complexity index is 395. The molecule has 1 heterocycles. The molecule has 0 aromatic rings. The summed E-state index contributed by atoms with van der Waals surface area (Å²) < 4.78 is 5.47. The number of carbonyl (C=O) groups excluding carboxylic acids is 2. The number of hydrogen-bond acceptors (Lipinski definition) is 3. The summed E-state index contributed by atoms with van der Waals surface area (Å²) in [5, 5.41) is 2.87. The maximum atomic E-state index is 12.6. The van der Waals surface area contributed by atoms with Crippen molar-refractivity contribution in [3.05, 3.63) is 12.2 Å². The molecular weight excluding hydrogens is 268 g/mol. The minimum absolute atomic E-state index is 0.00900. The maximum absolute atomic E-state index is 12.6. The van der Waals surface area contributed by atoms with Crippen molar-refractivity contribution < 1.29 is 14.3 Å². The summed E-state index contributed by atoms with van der Waals surface area (Å²) in [5.74, 6) is 0.0927. The van der Waals surface area contributed by atoms with Crippen LogP contribution in [0.4, 0.5) is 0 Å². The number of rotatable bonds is 8. The van der Waals surface area contributed by atoms with Crippen molar-refractivity contribution in [1.82, 2.24) is 10.2 Å². The van der Waals surface area contributed by atoms with E-state index in [1.165, 1.54) is 0 Å². The van der Waals surface area contributed by atoms with Gasteiger partial charge in [-0.05, 0) is 19.3 Å². The first kappa shape index (κ1) is 17.7. The van der Waals surface area contributed by atoms with Gasteiger partial charge in [-0.1, -0.05) is 39.3 Å². The molecule has 2 amide bonds. The molecule has 0 spiro atoms. The molecule has 0 bridgehead atoms. The molecule has 3 atom stereocenters. The van der Waals surface area contributed by atoms with E-state index in [9.17, 15) is 9.59 Å². The first-order chi connectivity index (χ1) is 9.92. The Morgan fingerprint density at radius 2 is 2.10 bits per heavy atom. The molecule has 21 heavy (non-hydrogen) atoms. The SMILES string of the molecule is C=C(C)COCCN1C(=O)C(C(C)CC)NC(=O)C1CC. The Labute approximate surface area is 127 Å². The summed E-state index contributed by atoms with van der Waals surface area (Å²) in [6.45, 7) is 13.0. The standard InChI is InChI=1S/C16H28N2O3/c1-6-12(5)14-16(20)18(8-9-21-10-11(3)4)13(7-2)15(19)17-14/h12-14H,3,6-10H2,1-2,4-5H3,(H,17,19). The van der Waals surface area contributed by atoms with Gasteiger partial charge in [-0.2, -0.15) is 0 Å². The second-order valence-corrected chi connectivity index (χ2v) is 5.84. The van der Waals surface area contributed by atoms with Crippen molar-refractivity contribution in [2.75, 3.05) is 19.8 Å². The van der Waals surface area contributed by atoms with Crippen LogP contribution in [0.15, 0.2) is 12.2 Å². The van der Waals surface area contributed by atoms with Crippen molar-refractivity contribution in [3.8, 4) is 0 Å². The lowest BCUT2D eigenvalue weighted by molar-refractivity contribution is -0.151. The van der Waals surface area contributed by atoms with Crippen LogP contribution in [0.1, 0.15) is 40.5 Å². The molecule has 1 aliphatic rings. The molecule has 3 unspecified atom stereocenters. The fraction of sp³-hybridized carbons (Fsp3) is 0.750. The van der Waals surface area contributed by atoms with Crippen LogP contribution in [-0.4, -0.2) is 48.6 Å². The highest BCUT2D eigenvalue weighted by Gasteiger charge is 2.40. The molecule has 0 aliphatic carbocycles. The number of nitrogens with zero attached hydrogens (tertiary/aromatic N) is 1. The van der Waals surface area contributed by atoms with Gasteiger partial charge in [0.15, 0.2) is 0 Å². The van der Waals surface area contributed by atoms with Crippen LogP contribution < -0.4 is 5.32 Å². The Balaban J connectivity index is 2.71. The summed E-state index contributed by atoms with van der Waals surface area (Å²) in [4.78, 5) is 26.5. The lowest BCUT2D eigenvalue weighted by Gasteiger charge is -2.40. The minimum Gasteiger partial charge on any atom is -0.375 e. The quantitative estimate of drug-likeness (QED) is 0.548. The molecule has 0 aromatic heterocycles. The molecule has 5 heteroatoms. The first-order valence-corrected chi connectivity index (χ1v) is 7.75. The molecule has 0 radical (unpaired) electrons. The van der Waals surface area contributed by atoms with E-state index in [0.717, 1.165) is 12.0 Å². The van der Waals surface area contributed by atoms with Gasteiger partial charge in [-0.25, -0.2) is 0 Å². The zero-order valence-corrected chi connectivity index (χ0v) is 13.6. The minimum atomic E-state index is -0.411. The third kappa shape index (κ3) is 4.56. The number of carbonyl (C=O) groups is 2. The van der Waals surface area contributed by atoms with E-state index in [0.29, 0.717) is 26.2 Å². The van der Waals surface area contributed by atoms with Crippen molar-refractivity contribution >= 4 is 11.8 Å². The molecule has 1 aliphatic heterocycles. The molecular formula is C16H28N2O3. The number of piperazine rings is 1. The van der Waals surface area contributed by atoms with Crippen LogP contribution in [-0.2, 0) is 14.3 Å². The number of hydrogen-bond donors (Lipinski definition) is 1. The van der Waals surface area contributed by atoms with Crippen molar-refractivity contribution in [3.63, 3.8) is 0 Å². The van der Waals surface area contributed by atoms with Crippen LogP contribution in [0.3, 0.4) is 0 Å². The zero-order chi connectivity index (χ0) is 16.0. The lowest BCUT2D eigenvalue weighted by atomic mass is 9.93. The molecule has 120 valence electrons. The van der Waals surface area contributed by atoms with Gasteiger partial charge in [0.1, 0.15) is 12.1 Å². The number of amides is 2. The van der Waals surface area contributed by atoms with Crippen LogP contribution in [0.2, 0.25) is 0 Å². The van der Waals surface area contributed by atoms with E-state index in [1.807, 2.05) is 27.7 Å². The Hall–Kier alpha value is -1.36. The Morgan fingerprint density at radius 1 is 1.43 bits per heavy atom. The van der Waals surface area contributed by atoms with Crippen LogP contribution in [0.25, 0.3) is 0 Å². The van der Waals surface area contributed by atoms with Crippen molar-refractivity contribution in [1.29, 1.82) is 0 Å².